The lowest BCUT2D eigenvalue weighted by atomic mass is 10.2. The molecule has 3 heteroatoms. The molecule has 0 aliphatic heterocycles. The number of benzene rings is 1. The molecule has 17 heavy (non-hydrogen) atoms. The fourth-order valence-electron chi connectivity index (χ4n) is 1.60. The zero-order valence-corrected chi connectivity index (χ0v) is 11.4. The van der Waals surface area contributed by atoms with Crippen LogP contribution in [0.1, 0.15) is 25.3 Å². The van der Waals surface area contributed by atoms with E-state index >= 15 is 0 Å². The summed E-state index contributed by atoms with van der Waals surface area (Å²) >= 11 is 1.93. The highest BCUT2D eigenvalue weighted by atomic mass is 32.2. The van der Waals surface area contributed by atoms with Crippen molar-refractivity contribution in [2.45, 2.75) is 31.6 Å². The van der Waals surface area contributed by atoms with Gasteiger partial charge in [0.15, 0.2) is 0 Å². The maximum atomic E-state index is 9.20. The van der Waals surface area contributed by atoms with Crippen molar-refractivity contribution in [3.8, 4) is 0 Å². The zero-order chi connectivity index (χ0) is 12.3. The monoisotopic (exact) mass is 253 g/mol. The standard InChI is InChI=1S/C14H23NOS/c1-2-9-15-14(11-16)8-10-17-12-13-6-4-3-5-7-13/h3-7,14-16H,2,8-12H2,1H3. The number of nitrogens with one attached hydrogen (secondary N) is 1. The van der Waals surface area contributed by atoms with Crippen molar-refractivity contribution in [1.82, 2.24) is 5.32 Å². The number of aliphatic hydroxyl groups excluding tert-OH is 1. The molecule has 0 spiro atoms. The Labute approximate surface area is 109 Å². The minimum Gasteiger partial charge on any atom is -0.395 e. The molecule has 0 saturated carbocycles. The predicted molar refractivity (Wildman–Crippen MR) is 76.4 cm³/mol. The lowest BCUT2D eigenvalue weighted by molar-refractivity contribution is 0.240. The van der Waals surface area contributed by atoms with E-state index in [-0.39, 0.29) is 12.6 Å². The van der Waals surface area contributed by atoms with Gasteiger partial charge in [0, 0.05) is 11.8 Å². The van der Waals surface area contributed by atoms with E-state index in [0.29, 0.717) is 0 Å². The van der Waals surface area contributed by atoms with E-state index < -0.39 is 0 Å². The van der Waals surface area contributed by atoms with Crippen molar-refractivity contribution in [2.75, 3.05) is 18.9 Å². The smallest absolute Gasteiger partial charge is 0.0584 e. The van der Waals surface area contributed by atoms with E-state index in [1.54, 1.807) is 0 Å². The van der Waals surface area contributed by atoms with Gasteiger partial charge in [0.05, 0.1) is 6.61 Å². The number of hydrogen-bond acceptors (Lipinski definition) is 3. The Morgan fingerprint density at radius 3 is 2.71 bits per heavy atom. The molecule has 0 bridgehead atoms. The second-order valence-corrected chi connectivity index (χ2v) is 5.27. The first kappa shape index (κ1) is 14.6. The first-order chi connectivity index (χ1) is 8.36. The summed E-state index contributed by atoms with van der Waals surface area (Å²) in [5.41, 5.74) is 1.37. The van der Waals surface area contributed by atoms with Crippen molar-refractivity contribution in [1.29, 1.82) is 0 Å². The van der Waals surface area contributed by atoms with E-state index in [1.807, 2.05) is 17.8 Å². The fourth-order valence-corrected chi connectivity index (χ4v) is 2.62. The van der Waals surface area contributed by atoms with Crippen molar-refractivity contribution < 1.29 is 5.11 Å². The van der Waals surface area contributed by atoms with Crippen LogP contribution >= 0.6 is 11.8 Å². The highest BCUT2D eigenvalue weighted by Gasteiger charge is 2.05. The second kappa shape index (κ2) is 9.51. The summed E-state index contributed by atoms with van der Waals surface area (Å²) in [5.74, 6) is 2.16. The summed E-state index contributed by atoms with van der Waals surface area (Å²) in [5, 5.41) is 12.6. The van der Waals surface area contributed by atoms with Gasteiger partial charge in [-0.3, -0.25) is 0 Å². The zero-order valence-electron chi connectivity index (χ0n) is 10.6. The van der Waals surface area contributed by atoms with Gasteiger partial charge in [-0.25, -0.2) is 0 Å². The Hall–Kier alpha value is -0.510. The molecule has 2 nitrogen and oxygen atoms in total. The van der Waals surface area contributed by atoms with Gasteiger partial charge in [0.2, 0.25) is 0 Å². The third-order valence-corrected chi connectivity index (χ3v) is 3.69. The molecule has 0 aliphatic rings. The summed E-state index contributed by atoms with van der Waals surface area (Å²) in [6.45, 7) is 3.38. The molecule has 1 aromatic rings. The molecule has 0 aromatic heterocycles. The first-order valence-electron chi connectivity index (χ1n) is 6.32. The highest BCUT2D eigenvalue weighted by molar-refractivity contribution is 7.98. The minimum atomic E-state index is 0.242. The second-order valence-electron chi connectivity index (χ2n) is 4.16. The largest absolute Gasteiger partial charge is 0.395 e. The van der Waals surface area contributed by atoms with Crippen LogP contribution in [-0.2, 0) is 5.75 Å². The molecule has 0 amide bonds. The average Bonchev–Trinajstić information content (AvgIpc) is 2.39. The molecule has 96 valence electrons. The minimum absolute atomic E-state index is 0.242. The van der Waals surface area contributed by atoms with Gasteiger partial charge in [0.25, 0.3) is 0 Å². The molecule has 1 unspecified atom stereocenters. The van der Waals surface area contributed by atoms with Crippen LogP contribution in [0.25, 0.3) is 0 Å². The van der Waals surface area contributed by atoms with Crippen molar-refractivity contribution in [2.24, 2.45) is 0 Å². The van der Waals surface area contributed by atoms with Crippen molar-refractivity contribution in [3.63, 3.8) is 0 Å². The average molecular weight is 253 g/mol. The quantitative estimate of drug-likeness (QED) is 0.664. The van der Waals surface area contributed by atoms with Crippen LogP contribution in [0.2, 0.25) is 0 Å². The summed E-state index contributed by atoms with van der Waals surface area (Å²) in [6, 6.07) is 10.8. The Kier molecular flexibility index (Phi) is 8.14. The van der Waals surface area contributed by atoms with Gasteiger partial charge in [-0.05, 0) is 30.7 Å². The summed E-state index contributed by atoms with van der Waals surface area (Å²) in [7, 11) is 0. The lowest BCUT2D eigenvalue weighted by Gasteiger charge is -2.15. The van der Waals surface area contributed by atoms with Crippen LogP contribution in [0.4, 0.5) is 0 Å². The molecule has 2 N–H and O–H groups in total. The fraction of sp³-hybridized carbons (Fsp3) is 0.571. The predicted octanol–water partition coefficient (Wildman–Crippen LogP) is 2.67. The Balaban J connectivity index is 2.10. The maximum absolute atomic E-state index is 9.20. The SMILES string of the molecule is CCCNC(CO)CCSCc1ccccc1. The van der Waals surface area contributed by atoms with Gasteiger partial charge >= 0.3 is 0 Å². The maximum Gasteiger partial charge on any atom is 0.0584 e. The molecule has 0 saturated heterocycles. The molecule has 1 rings (SSSR count). The van der Waals surface area contributed by atoms with Crippen LogP contribution in [0.5, 0.6) is 0 Å². The molecule has 0 aliphatic carbocycles. The number of rotatable bonds is 9. The van der Waals surface area contributed by atoms with Crippen LogP contribution in [-0.4, -0.2) is 30.1 Å². The van der Waals surface area contributed by atoms with E-state index in [1.165, 1.54) is 5.56 Å². The van der Waals surface area contributed by atoms with Crippen molar-refractivity contribution in [3.05, 3.63) is 35.9 Å². The molecule has 1 atom stereocenters. The number of thioether (sulfide) groups is 1. The third-order valence-electron chi connectivity index (χ3n) is 2.63. The summed E-state index contributed by atoms with van der Waals surface area (Å²) in [4.78, 5) is 0. The highest BCUT2D eigenvalue weighted by Crippen LogP contribution is 2.13. The third kappa shape index (κ3) is 6.71. The number of hydrogen-bond donors (Lipinski definition) is 2. The topological polar surface area (TPSA) is 32.3 Å². The summed E-state index contributed by atoms with van der Waals surface area (Å²) < 4.78 is 0. The Morgan fingerprint density at radius 2 is 2.06 bits per heavy atom. The van der Waals surface area contributed by atoms with Crippen LogP contribution in [0.15, 0.2) is 30.3 Å². The van der Waals surface area contributed by atoms with Gasteiger partial charge in [-0.15, -0.1) is 0 Å². The van der Waals surface area contributed by atoms with Crippen molar-refractivity contribution >= 4 is 11.8 Å². The van der Waals surface area contributed by atoms with E-state index in [0.717, 1.165) is 30.9 Å². The Bertz CT molecular complexity index is 279. The number of aliphatic hydroxyl groups is 1. The van der Waals surface area contributed by atoms with Crippen LogP contribution in [0.3, 0.4) is 0 Å². The first-order valence-corrected chi connectivity index (χ1v) is 7.48. The molecule has 0 heterocycles. The normalized spacial score (nSPS) is 12.6. The van der Waals surface area contributed by atoms with Crippen LogP contribution < -0.4 is 5.32 Å². The molecular weight excluding hydrogens is 230 g/mol. The summed E-state index contributed by atoms with van der Waals surface area (Å²) in [6.07, 6.45) is 2.15. The van der Waals surface area contributed by atoms with Crippen LogP contribution in [0, 0.1) is 0 Å². The van der Waals surface area contributed by atoms with Gasteiger partial charge in [-0.2, -0.15) is 11.8 Å². The lowest BCUT2D eigenvalue weighted by Crippen LogP contribution is -2.33. The Morgan fingerprint density at radius 1 is 1.29 bits per heavy atom. The van der Waals surface area contributed by atoms with E-state index in [9.17, 15) is 5.11 Å². The molecule has 0 radical (unpaired) electrons. The molecule has 1 aromatic carbocycles. The van der Waals surface area contributed by atoms with Gasteiger partial charge in [-0.1, -0.05) is 37.3 Å². The molecule has 0 fully saturated rings. The van der Waals surface area contributed by atoms with E-state index in [2.05, 4.69) is 36.5 Å². The van der Waals surface area contributed by atoms with Gasteiger partial charge < -0.3 is 10.4 Å². The van der Waals surface area contributed by atoms with Gasteiger partial charge in [0.1, 0.15) is 0 Å². The molecular formula is C14H23NOS. The van der Waals surface area contributed by atoms with E-state index in [4.69, 9.17) is 0 Å².